The van der Waals surface area contributed by atoms with Crippen LogP contribution in [0.15, 0.2) is 29.9 Å². The molecule has 5 nitrogen and oxygen atoms in total. The lowest BCUT2D eigenvalue weighted by Crippen LogP contribution is -2.06. The number of aromatic nitrogens is 1. The van der Waals surface area contributed by atoms with Crippen LogP contribution in [0.5, 0.6) is 5.75 Å². The third-order valence-corrected chi connectivity index (χ3v) is 2.88. The molecule has 0 saturated heterocycles. The Labute approximate surface area is 101 Å². The SMILES string of the molecule is Nc1cccc(OCc2cncs2)c1C(=O)O. The molecule has 0 atom stereocenters. The summed E-state index contributed by atoms with van der Waals surface area (Å²) in [5.41, 5.74) is 7.48. The number of benzene rings is 1. The molecule has 0 saturated carbocycles. The van der Waals surface area contributed by atoms with E-state index < -0.39 is 5.97 Å². The molecule has 1 aromatic heterocycles. The molecule has 88 valence electrons. The lowest BCUT2D eigenvalue weighted by molar-refractivity contribution is 0.0693. The topological polar surface area (TPSA) is 85.4 Å². The van der Waals surface area contributed by atoms with Gasteiger partial charge >= 0.3 is 5.97 Å². The van der Waals surface area contributed by atoms with E-state index in [1.165, 1.54) is 17.4 Å². The maximum Gasteiger partial charge on any atom is 0.341 e. The van der Waals surface area contributed by atoms with Crippen molar-refractivity contribution in [2.45, 2.75) is 6.61 Å². The van der Waals surface area contributed by atoms with Crippen molar-refractivity contribution < 1.29 is 14.6 Å². The van der Waals surface area contributed by atoms with Crippen LogP contribution in [0.3, 0.4) is 0 Å². The number of anilines is 1. The molecule has 3 N–H and O–H groups in total. The smallest absolute Gasteiger partial charge is 0.341 e. The Morgan fingerprint density at radius 1 is 1.53 bits per heavy atom. The molecular weight excluding hydrogens is 240 g/mol. The van der Waals surface area contributed by atoms with Crippen LogP contribution >= 0.6 is 11.3 Å². The molecule has 17 heavy (non-hydrogen) atoms. The fourth-order valence-electron chi connectivity index (χ4n) is 1.36. The van der Waals surface area contributed by atoms with Crippen molar-refractivity contribution in [3.63, 3.8) is 0 Å². The Morgan fingerprint density at radius 3 is 3.00 bits per heavy atom. The Hall–Kier alpha value is -2.08. The molecule has 6 heteroatoms. The van der Waals surface area contributed by atoms with Gasteiger partial charge in [-0.05, 0) is 12.1 Å². The van der Waals surface area contributed by atoms with Crippen LogP contribution in [0.1, 0.15) is 15.2 Å². The number of ether oxygens (including phenoxy) is 1. The second-order valence-corrected chi connectivity index (χ2v) is 4.25. The second kappa shape index (κ2) is 4.84. The molecule has 0 aliphatic heterocycles. The maximum absolute atomic E-state index is 11.0. The van der Waals surface area contributed by atoms with Crippen molar-refractivity contribution >= 4 is 23.0 Å². The van der Waals surface area contributed by atoms with Gasteiger partial charge in [-0.25, -0.2) is 4.79 Å². The molecule has 1 heterocycles. The molecule has 2 aromatic rings. The van der Waals surface area contributed by atoms with Gasteiger partial charge in [-0.2, -0.15) is 0 Å². The van der Waals surface area contributed by atoms with Crippen LogP contribution in [0.2, 0.25) is 0 Å². The predicted octanol–water partition coefficient (Wildman–Crippen LogP) is 2.00. The van der Waals surface area contributed by atoms with Crippen molar-refractivity contribution in [2.75, 3.05) is 5.73 Å². The standard InChI is InChI=1S/C11H10N2O3S/c12-8-2-1-3-9(10(8)11(14)15)16-5-7-4-13-6-17-7/h1-4,6H,5,12H2,(H,14,15). The van der Waals surface area contributed by atoms with E-state index in [2.05, 4.69) is 4.98 Å². The number of nitrogens with two attached hydrogens (primary N) is 1. The number of nitrogens with zero attached hydrogens (tertiary/aromatic N) is 1. The number of nitrogen functional groups attached to an aromatic ring is 1. The number of rotatable bonds is 4. The van der Waals surface area contributed by atoms with Crippen LogP contribution < -0.4 is 10.5 Å². The van der Waals surface area contributed by atoms with E-state index in [4.69, 9.17) is 15.6 Å². The van der Waals surface area contributed by atoms with Gasteiger partial charge in [-0.1, -0.05) is 6.07 Å². The normalized spacial score (nSPS) is 10.1. The highest BCUT2D eigenvalue weighted by atomic mass is 32.1. The minimum absolute atomic E-state index is 0.00276. The van der Waals surface area contributed by atoms with Gasteiger partial charge in [0.1, 0.15) is 17.9 Å². The van der Waals surface area contributed by atoms with Gasteiger partial charge in [0.25, 0.3) is 0 Å². The molecule has 0 amide bonds. The van der Waals surface area contributed by atoms with Gasteiger partial charge in [-0.3, -0.25) is 4.98 Å². The molecule has 2 rings (SSSR count). The Balaban J connectivity index is 2.21. The summed E-state index contributed by atoms with van der Waals surface area (Å²) >= 11 is 1.45. The van der Waals surface area contributed by atoms with Crippen molar-refractivity contribution in [3.8, 4) is 5.75 Å². The maximum atomic E-state index is 11.0. The van der Waals surface area contributed by atoms with Crippen molar-refractivity contribution in [1.29, 1.82) is 0 Å². The highest BCUT2D eigenvalue weighted by molar-refractivity contribution is 7.09. The fraction of sp³-hybridized carbons (Fsp3) is 0.0909. The number of thiazole rings is 1. The molecule has 0 spiro atoms. The zero-order valence-corrected chi connectivity index (χ0v) is 9.61. The Morgan fingerprint density at radius 2 is 2.35 bits per heavy atom. The number of carbonyl (C=O) groups is 1. The first-order valence-electron chi connectivity index (χ1n) is 4.80. The minimum atomic E-state index is -1.09. The molecular formula is C11H10N2O3S. The first-order chi connectivity index (χ1) is 8.18. The average Bonchev–Trinajstić information content (AvgIpc) is 2.78. The second-order valence-electron chi connectivity index (χ2n) is 3.28. The summed E-state index contributed by atoms with van der Waals surface area (Å²) in [7, 11) is 0. The van der Waals surface area contributed by atoms with Crippen LogP contribution in [-0.4, -0.2) is 16.1 Å². The highest BCUT2D eigenvalue weighted by Gasteiger charge is 2.14. The summed E-state index contributed by atoms with van der Waals surface area (Å²) in [6.45, 7) is 0.286. The number of hydrogen-bond donors (Lipinski definition) is 2. The Kier molecular flexibility index (Phi) is 3.24. The number of aromatic carboxylic acids is 1. The predicted molar refractivity (Wildman–Crippen MR) is 64.3 cm³/mol. The summed E-state index contributed by atoms with van der Waals surface area (Å²) in [5.74, 6) is -0.826. The monoisotopic (exact) mass is 250 g/mol. The first kappa shape index (κ1) is 11.4. The van der Waals surface area contributed by atoms with Crippen molar-refractivity contribution in [1.82, 2.24) is 4.98 Å². The molecule has 1 aromatic carbocycles. The number of carboxylic acid groups (broad SMARTS) is 1. The lowest BCUT2D eigenvalue weighted by Gasteiger charge is -2.09. The van der Waals surface area contributed by atoms with Crippen molar-refractivity contribution in [2.24, 2.45) is 0 Å². The van der Waals surface area contributed by atoms with Gasteiger partial charge in [0.2, 0.25) is 0 Å². The van der Waals surface area contributed by atoms with Gasteiger partial charge in [0.05, 0.1) is 10.4 Å². The quantitative estimate of drug-likeness (QED) is 0.810. The third kappa shape index (κ3) is 2.54. The molecule has 0 aliphatic rings. The summed E-state index contributed by atoms with van der Waals surface area (Å²) in [4.78, 5) is 15.9. The summed E-state index contributed by atoms with van der Waals surface area (Å²) < 4.78 is 5.43. The van der Waals surface area contributed by atoms with E-state index in [1.807, 2.05) is 0 Å². The van der Waals surface area contributed by atoms with E-state index in [9.17, 15) is 4.79 Å². The molecule has 0 bridgehead atoms. The van der Waals surface area contributed by atoms with E-state index in [0.29, 0.717) is 0 Å². The van der Waals surface area contributed by atoms with Crippen LogP contribution in [0.4, 0.5) is 5.69 Å². The molecule has 0 radical (unpaired) electrons. The zero-order chi connectivity index (χ0) is 12.3. The van der Waals surface area contributed by atoms with Gasteiger partial charge in [0, 0.05) is 11.9 Å². The van der Waals surface area contributed by atoms with Gasteiger partial charge in [0.15, 0.2) is 0 Å². The van der Waals surface area contributed by atoms with Crippen LogP contribution in [0.25, 0.3) is 0 Å². The third-order valence-electron chi connectivity index (χ3n) is 2.13. The number of hydrogen-bond acceptors (Lipinski definition) is 5. The van der Waals surface area contributed by atoms with Crippen LogP contribution in [-0.2, 0) is 6.61 Å². The molecule has 0 unspecified atom stereocenters. The average molecular weight is 250 g/mol. The summed E-state index contributed by atoms with van der Waals surface area (Å²) in [6, 6.07) is 4.77. The molecule has 0 fully saturated rings. The van der Waals surface area contributed by atoms with Gasteiger partial charge in [-0.15, -0.1) is 11.3 Å². The largest absolute Gasteiger partial charge is 0.487 e. The van der Waals surface area contributed by atoms with Crippen LogP contribution in [0, 0.1) is 0 Å². The van der Waals surface area contributed by atoms with E-state index in [0.717, 1.165) is 4.88 Å². The lowest BCUT2D eigenvalue weighted by atomic mass is 10.1. The highest BCUT2D eigenvalue weighted by Crippen LogP contribution is 2.25. The summed E-state index contributed by atoms with van der Waals surface area (Å²) in [6.07, 6.45) is 1.68. The van der Waals surface area contributed by atoms with E-state index in [-0.39, 0.29) is 23.6 Å². The first-order valence-corrected chi connectivity index (χ1v) is 5.68. The van der Waals surface area contributed by atoms with E-state index in [1.54, 1.807) is 23.8 Å². The van der Waals surface area contributed by atoms with Gasteiger partial charge < -0.3 is 15.6 Å². The zero-order valence-electron chi connectivity index (χ0n) is 8.79. The van der Waals surface area contributed by atoms with E-state index >= 15 is 0 Å². The number of carboxylic acids is 1. The fourth-order valence-corrected chi connectivity index (χ4v) is 1.87. The summed E-state index contributed by atoms with van der Waals surface area (Å²) in [5, 5.41) is 9.03. The minimum Gasteiger partial charge on any atom is -0.487 e. The molecule has 0 aliphatic carbocycles. The Bertz CT molecular complexity index is 526. The van der Waals surface area contributed by atoms with Crippen molar-refractivity contribution in [3.05, 3.63) is 40.3 Å².